The zero-order valence-corrected chi connectivity index (χ0v) is 5.94. The number of amidine groups is 1. The summed E-state index contributed by atoms with van der Waals surface area (Å²) >= 11 is 0. The van der Waals surface area contributed by atoms with Crippen molar-refractivity contribution in [2.24, 2.45) is 9.98 Å². The van der Waals surface area contributed by atoms with Crippen molar-refractivity contribution in [2.75, 3.05) is 7.05 Å². The van der Waals surface area contributed by atoms with Crippen LogP contribution in [0.25, 0.3) is 0 Å². The Balaban J connectivity index is 2.55. The van der Waals surface area contributed by atoms with E-state index in [9.17, 15) is 0 Å². The van der Waals surface area contributed by atoms with Gasteiger partial charge in [0.15, 0.2) is 17.3 Å². The fraction of sp³-hybridized carbons (Fsp3) is 0.167. The van der Waals surface area contributed by atoms with Crippen molar-refractivity contribution in [3.63, 3.8) is 0 Å². The van der Waals surface area contributed by atoms with Crippen LogP contribution >= 0.6 is 0 Å². The maximum Gasteiger partial charge on any atom is 0.178 e. The van der Waals surface area contributed by atoms with Crippen molar-refractivity contribution in [1.82, 2.24) is 15.3 Å². The van der Waals surface area contributed by atoms with Gasteiger partial charge in [-0.25, -0.2) is 15.3 Å². The minimum atomic E-state index is 0.622. The zero-order valence-electron chi connectivity index (χ0n) is 5.94. The van der Waals surface area contributed by atoms with Gasteiger partial charge >= 0.3 is 0 Å². The molecule has 0 spiro atoms. The van der Waals surface area contributed by atoms with Crippen LogP contribution in [0.1, 0.15) is 5.69 Å². The lowest BCUT2D eigenvalue weighted by molar-refractivity contribution is 1.17. The second-order valence-electron chi connectivity index (χ2n) is 2.02. The average molecular weight is 148 g/mol. The molecule has 1 N–H and O–H groups in total. The van der Waals surface area contributed by atoms with Crippen molar-refractivity contribution in [1.29, 1.82) is 0 Å². The molecule has 5 heteroatoms. The van der Waals surface area contributed by atoms with Crippen LogP contribution in [-0.2, 0) is 0 Å². The van der Waals surface area contributed by atoms with Gasteiger partial charge in [0, 0.05) is 7.05 Å². The van der Waals surface area contributed by atoms with E-state index in [1.807, 2.05) is 0 Å². The lowest BCUT2D eigenvalue weighted by Crippen LogP contribution is -2.10. The van der Waals surface area contributed by atoms with E-state index in [-0.39, 0.29) is 0 Å². The van der Waals surface area contributed by atoms with Crippen molar-refractivity contribution < 1.29 is 0 Å². The molecule has 1 aromatic heterocycles. The topological polar surface area (TPSA) is 67.5 Å². The van der Waals surface area contributed by atoms with E-state index in [4.69, 9.17) is 0 Å². The number of rotatable bonds is 0. The second kappa shape index (κ2) is 2.19. The molecule has 11 heavy (non-hydrogen) atoms. The highest BCUT2D eigenvalue weighted by atomic mass is 15.1. The number of nitrogens with zero attached hydrogens (tertiary/aromatic N) is 4. The smallest absolute Gasteiger partial charge is 0.178 e. The van der Waals surface area contributed by atoms with Crippen LogP contribution in [0.4, 0.5) is 5.82 Å². The van der Waals surface area contributed by atoms with Gasteiger partial charge in [0.1, 0.15) is 6.34 Å². The zero-order chi connectivity index (χ0) is 7.68. The molecule has 0 bridgehead atoms. The third-order valence-electron chi connectivity index (χ3n) is 1.41. The fourth-order valence-corrected chi connectivity index (χ4v) is 0.916. The van der Waals surface area contributed by atoms with Crippen molar-refractivity contribution in [3.05, 3.63) is 12.0 Å². The number of fused-ring (bicyclic) bond motifs is 1. The molecule has 0 aliphatic carbocycles. The fourth-order valence-electron chi connectivity index (χ4n) is 0.916. The molecular formula is C6H6N5. The van der Waals surface area contributed by atoms with E-state index >= 15 is 0 Å². The number of nitrogens with one attached hydrogen (secondary N) is 1. The highest BCUT2D eigenvalue weighted by Gasteiger charge is 2.14. The first-order valence-electron chi connectivity index (χ1n) is 3.15. The Hall–Kier alpha value is -1.65. The van der Waals surface area contributed by atoms with Gasteiger partial charge in [0.25, 0.3) is 0 Å². The third-order valence-corrected chi connectivity index (χ3v) is 1.41. The van der Waals surface area contributed by atoms with Crippen LogP contribution in [0.3, 0.4) is 0 Å². The normalized spacial score (nSPS) is 18.1. The van der Waals surface area contributed by atoms with Gasteiger partial charge in [-0.15, -0.1) is 0 Å². The molecule has 0 aromatic carbocycles. The molecule has 5 nitrogen and oxygen atoms in total. The van der Waals surface area contributed by atoms with E-state index in [1.165, 1.54) is 6.34 Å². The van der Waals surface area contributed by atoms with E-state index in [0.29, 0.717) is 5.84 Å². The molecule has 2 heterocycles. The summed E-state index contributed by atoms with van der Waals surface area (Å²) in [6, 6.07) is 0. The summed E-state index contributed by atoms with van der Waals surface area (Å²) in [6.45, 7) is 0. The number of aromatic amines is 1. The van der Waals surface area contributed by atoms with E-state index in [1.54, 1.807) is 13.4 Å². The minimum Gasteiger partial charge on any atom is -0.329 e. The van der Waals surface area contributed by atoms with Gasteiger partial charge in [0.05, 0.1) is 6.33 Å². The van der Waals surface area contributed by atoms with E-state index < -0.39 is 0 Å². The number of imidazole rings is 1. The van der Waals surface area contributed by atoms with Crippen LogP contribution in [0.15, 0.2) is 16.3 Å². The molecule has 0 atom stereocenters. The van der Waals surface area contributed by atoms with Crippen LogP contribution in [0, 0.1) is 0 Å². The largest absolute Gasteiger partial charge is 0.329 e. The maximum absolute atomic E-state index is 4.02. The summed E-state index contributed by atoms with van der Waals surface area (Å²) < 4.78 is 0. The highest BCUT2D eigenvalue weighted by Crippen LogP contribution is 2.13. The van der Waals surface area contributed by atoms with Gasteiger partial charge in [0.2, 0.25) is 0 Å². The molecule has 55 valence electrons. The standard InChI is InChI=1S/C6H6N5/c1-7-5-4-6(10-2-8-4)11-3-9-5/h2-3H,1H3,(H,8,10). The van der Waals surface area contributed by atoms with Gasteiger partial charge in [-0.3, -0.25) is 4.99 Å². The Bertz CT molecular complexity index is 321. The van der Waals surface area contributed by atoms with Crippen molar-refractivity contribution in [2.45, 2.75) is 0 Å². The van der Waals surface area contributed by atoms with Gasteiger partial charge < -0.3 is 4.98 Å². The van der Waals surface area contributed by atoms with Crippen LogP contribution < -0.4 is 5.32 Å². The summed E-state index contributed by atoms with van der Waals surface area (Å²) in [6.07, 6.45) is 3.04. The predicted molar refractivity (Wildman–Crippen MR) is 41.3 cm³/mol. The van der Waals surface area contributed by atoms with Crippen LogP contribution in [0.5, 0.6) is 0 Å². The summed E-state index contributed by atoms with van der Waals surface area (Å²) in [7, 11) is 1.68. The summed E-state index contributed by atoms with van der Waals surface area (Å²) in [5.74, 6) is 1.34. The molecule has 1 aromatic rings. The van der Waals surface area contributed by atoms with Gasteiger partial charge in [-0.2, -0.15) is 0 Å². The molecule has 0 fully saturated rings. The number of hydrogen-bond donors (Lipinski definition) is 1. The predicted octanol–water partition coefficient (Wildman–Crippen LogP) is 0.0639. The number of aliphatic imine (C=N–C) groups is 2. The number of hydrogen-bond acceptors (Lipinski definition) is 2. The Kier molecular flexibility index (Phi) is 1.21. The molecule has 1 aliphatic heterocycles. The summed E-state index contributed by atoms with van der Waals surface area (Å²) in [4.78, 5) is 14.8. The first kappa shape index (κ1) is 6.09. The third kappa shape index (κ3) is 0.813. The molecular weight excluding hydrogens is 142 g/mol. The molecule has 1 radical (unpaired) electrons. The Morgan fingerprint density at radius 1 is 1.55 bits per heavy atom. The van der Waals surface area contributed by atoms with Crippen molar-refractivity contribution in [3.8, 4) is 0 Å². The quantitative estimate of drug-likeness (QED) is 0.555. The number of aromatic nitrogens is 2. The lowest BCUT2D eigenvalue weighted by Gasteiger charge is -2.03. The van der Waals surface area contributed by atoms with E-state index in [2.05, 4.69) is 25.3 Å². The Labute approximate surface area is 63.3 Å². The SMILES string of the molecule is CN=C1N=C[N]c2[nH]cnc21. The average Bonchev–Trinajstić information content (AvgIpc) is 2.50. The monoisotopic (exact) mass is 148 g/mol. The van der Waals surface area contributed by atoms with E-state index in [0.717, 1.165) is 11.5 Å². The van der Waals surface area contributed by atoms with Crippen molar-refractivity contribution >= 4 is 18.0 Å². The maximum atomic E-state index is 4.02. The second-order valence-corrected chi connectivity index (χ2v) is 2.02. The molecule has 0 unspecified atom stereocenters. The summed E-state index contributed by atoms with van der Waals surface area (Å²) in [5.41, 5.74) is 0.718. The van der Waals surface area contributed by atoms with Crippen LogP contribution in [-0.4, -0.2) is 29.2 Å². The molecule has 0 amide bonds. The molecule has 0 saturated carbocycles. The molecule has 0 saturated heterocycles. The first-order valence-corrected chi connectivity index (χ1v) is 3.15. The highest BCUT2D eigenvalue weighted by molar-refractivity contribution is 6.07. The Morgan fingerprint density at radius 3 is 3.27 bits per heavy atom. The lowest BCUT2D eigenvalue weighted by atomic mass is 10.4. The van der Waals surface area contributed by atoms with Gasteiger partial charge in [-0.05, 0) is 0 Å². The minimum absolute atomic E-state index is 0.622. The number of H-pyrrole nitrogens is 1. The summed E-state index contributed by atoms with van der Waals surface area (Å²) in [5, 5.41) is 3.96. The van der Waals surface area contributed by atoms with Crippen LogP contribution in [0.2, 0.25) is 0 Å². The van der Waals surface area contributed by atoms with Gasteiger partial charge in [-0.1, -0.05) is 0 Å². The molecule has 1 aliphatic rings. The first-order chi connectivity index (χ1) is 5.42. The molecule has 2 rings (SSSR count). The Morgan fingerprint density at radius 2 is 2.45 bits per heavy atom.